The molecule has 2 aromatic rings. The van der Waals surface area contributed by atoms with Crippen LogP contribution in [0.25, 0.3) is 11.1 Å². The predicted octanol–water partition coefficient (Wildman–Crippen LogP) is 9.24. The van der Waals surface area contributed by atoms with Gasteiger partial charge in [0.15, 0.2) is 0 Å². The van der Waals surface area contributed by atoms with Gasteiger partial charge in [0.05, 0.1) is 6.42 Å². The number of unbranched alkanes of at least 4 members (excludes halogenated alkanes) is 9. The van der Waals surface area contributed by atoms with Crippen LogP contribution in [0.4, 0.5) is 0 Å². The molecule has 0 spiro atoms. The van der Waals surface area contributed by atoms with Crippen molar-refractivity contribution in [3.05, 3.63) is 46.5 Å². The number of hydrogen-bond donors (Lipinski definition) is 1. The number of thioether (sulfide) groups is 1. The second kappa shape index (κ2) is 15.9. The minimum absolute atomic E-state index is 0.160. The Labute approximate surface area is 218 Å². The maximum absolute atomic E-state index is 12.4. The van der Waals surface area contributed by atoms with Gasteiger partial charge in [0.1, 0.15) is 11.5 Å². The quantitative estimate of drug-likeness (QED) is 0.142. The Balaban J connectivity index is 1.68. The van der Waals surface area contributed by atoms with Gasteiger partial charge in [-0.05, 0) is 97.5 Å². The van der Waals surface area contributed by atoms with Crippen molar-refractivity contribution in [2.75, 3.05) is 11.5 Å². The van der Waals surface area contributed by atoms with Gasteiger partial charge in [0, 0.05) is 5.75 Å². The van der Waals surface area contributed by atoms with E-state index in [-0.39, 0.29) is 5.97 Å². The Morgan fingerprint density at radius 1 is 0.714 bits per heavy atom. The third-order valence-electron chi connectivity index (χ3n) is 6.67. The van der Waals surface area contributed by atoms with Gasteiger partial charge >= 0.3 is 5.97 Å². The van der Waals surface area contributed by atoms with Gasteiger partial charge in [-0.3, -0.25) is 4.79 Å². The second-order valence-corrected chi connectivity index (χ2v) is 11.1. The molecule has 0 aliphatic carbocycles. The lowest BCUT2D eigenvalue weighted by molar-refractivity contribution is -0.133. The highest BCUT2D eigenvalue weighted by atomic mass is 32.2. The highest BCUT2D eigenvalue weighted by Crippen LogP contribution is 2.35. The van der Waals surface area contributed by atoms with E-state index in [1.54, 1.807) is 6.07 Å². The number of esters is 1. The van der Waals surface area contributed by atoms with Gasteiger partial charge in [-0.25, -0.2) is 0 Å². The summed E-state index contributed by atoms with van der Waals surface area (Å²) in [6.45, 7) is 10.2. The zero-order valence-corrected chi connectivity index (χ0v) is 23.5. The van der Waals surface area contributed by atoms with Crippen LogP contribution in [0.15, 0.2) is 24.3 Å². The summed E-state index contributed by atoms with van der Waals surface area (Å²) in [5, 5.41) is 9.97. The van der Waals surface area contributed by atoms with E-state index < -0.39 is 0 Å². The van der Waals surface area contributed by atoms with E-state index in [2.05, 4.69) is 13.0 Å². The fourth-order valence-electron chi connectivity index (χ4n) is 4.40. The number of phenols is 1. The van der Waals surface area contributed by atoms with Crippen molar-refractivity contribution in [3.8, 4) is 22.6 Å². The topological polar surface area (TPSA) is 46.5 Å². The van der Waals surface area contributed by atoms with E-state index >= 15 is 0 Å². The Hall–Kier alpha value is -1.94. The van der Waals surface area contributed by atoms with Crippen LogP contribution in [-0.4, -0.2) is 22.6 Å². The summed E-state index contributed by atoms with van der Waals surface area (Å²) in [6, 6.07) is 7.86. The molecule has 35 heavy (non-hydrogen) atoms. The smallest absolute Gasteiger partial charge is 0.312 e. The molecule has 0 bridgehead atoms. The molecular formula is C31H46O3S. The van der Waals surface area contributed by atoms with Crippen LogP contribution >= 0.6 is 11.8 Å². The first-order chi connectivity index (χ1) is 16.8. The van der Waals surface area contributed by atoms with Gasteiger partial charge in [-0.1, -0.05) is 64.7 Å². The van der Waals surface area contributed by atoms with E-state index in [1.807, 2.05) is 51.6 Å². The van der Waals surface area contributed by atoms with Crippen molar-refractivity contribution in [2.24, 2.45) is 0 Å². The molecule has 3 nitrogen and oxygen atoms in total. The average molecular weight is 499 g/mol. The normalized spacial score (nSPS) is 11.1. The first-order valence-electron chi connectivity index (χ1n) is 13.5. The number of ether oxygens (including phenoxy) is 1. The predicted molar refractivity (Wildman–Crippen MR) is 152 cm³/mol. The molecule has 2 aromatic carbocycles. The number of phenolic OH excluding ortho intramolecular Hbond substituents is 1. The summed E-state index contributed by atoms with van der Waals surface area (Å²) in [7, 11) is 0. The summed E-state index contributed by atoms with van der Waals surface area (Å²) in [4.78, 5) is 12.4. The molecule has 1 N–H and O–H groups in total. The van der Waals surface area contributed by atoms with Gasteiger partial charge in [-0.15, -0.1) is 0 Å². The van der Waals surface area contributed by atoms with Crippen molar-refractivity contribution < 1.29 is 14.6 Å². The molecule has 0 saturated heterocycles. The average Bonchev–Trinajstić information content (AvgIpc) is 2.81. The standard InChI is InChI=1S/C31H46O3S/c1-6-7-8-9-10-11-12-13-14-15-17-35-18-16-31(33)34-30-22-24(3)28(20-26(30)5)27-19-25(4)29(32)21-23(27)2/h19-22,32H,6-18H2,1-5H3. The van der Waals surface area contributed by atoms with Crippen LogP contribution in [0.1, 0.15) is 99.8 Å². The molecule has 0 fully saturated rings. The largest absolute Gasteiger partial charge is 0.508 e. The molecule has 0 unspecified atom stereocenters. The van der Waals surface area contributed by atoms with Crippen molar-refractivity contribution in [1.29, 1.82) is 0 Å². The Bertz CT molecular complexity index is 935. The molecule has 0 saturated carbocycles. The summed E-state index contributed by atoms with van der Waals surface area (Å²) < 4.78 is 5.70. The lowest BCUT2D eigenvalue weighted by atomic mass is 9.93. The second-order valence-electron chi connectivity index (χ2n) is 9.90. The number of rotatable bonds is 16. The van der Waals surface area contributed by atoms with Gasteiger partial charge in [0.25, 0.3) is 0 Å². The Morgan fingerprint density at radius 3 is 1.89 bits per heavy atom. The zero-order chi connectivity index (χ0) is 25.6. The summed E-state index contributed by atoms with van der Waals surface area (Å²) in [6.07, 6.45) is 14.0. The number of carbonyl (C=O) groups excluding carboxylic acids is 1. The molecule has 4 heteroatoms. The van der Waals surface area contributed by atoms with Crippen molar-refractivity contribution in [2.45, 2.75) is 105 Å². The molecular weight excluding hydrogens is 452 g/mol. The van der Waals surface area contributed by atoms with Crippen molar-refractivity contribution in [1.82, 2.24) is 0 Å². The van der Waals surface area contributed by atoms with Gasteiger partial charge in [0.2, 0.25) is 0 Å². The van der Waals surface area contributed by atoms with Crippen molar-refractivity contribution >= 4 is 17.7 Å². The molecule has 0 aliphatic heterocycles. The SMILES string of the molecule is CCCCCCCCCCCCSCCC(=O)Oc1cc(C)c(-c2cc(C)c(O)cc2C)cc1C. The van der Waals surface area contributed by atoms with Gasteiger partial charge < -0.3 is 9.84 Å². The zero-order valence-electron chi connectivity index (χ0n) is 22.7. The van der Waals surface area contributed by atoms with E-state index in [0.717, 1.165) is 44.9 Å². The van der Waals surface area contributed by atoms with E-state index in [0.29, 0.717) is 17.9 Å². The maximum Gasteiger partial charge on any atom is 0.312 e. The monoisotopic (exact) mass is 498 g/mol. The number of carbonyl (C=O) groups is 1. The van der Waals surface area contributed by atoms with Crippen LogP contribution in [0.2, 0.25) is 0 Å². The van der Waals surface area contributed by atoms with E-state index in [4.69, 9.17) is 4.74 Å². The number of benzene rings is 2. The Kier molecular flexibility index (Phi) is 13.3. The lowest BCUT2D eigenvalue weighted by Crippen LogP contribution is -2.10. The molecule has 0 atom stereocenters. The number of aromatic hydroxyl groups is 1. The molecule has 0 heterocycles. The summed E-state index contributed by atoms with van der Waals surface area (Å²) in [5.41, 5.74) is 6.09. The molecule has 0 aromatic heterocycles. The minimum atomic E-state index is -0.160. The molecule has 0 aliphatic rings. The highest BCUT2D eigenvalue weighted by Gasteiger charge is 2.14. The fourth-order valence-corrected chi connectivity index (χ4v) is 5.33. The molecule has 2 rings (SSSR count). The van der Waals surface area contributed by atoms with Crippen LogP contribution in [0.5, 0.6) is 11.5 Å². The summed E-state index contributed by atoms with van der Waals surface area (Å²) in [5.74, 6) is 2.74. The molecule has 194 valence electrons. The maximum atomic E-state index is 12.4. The van der Waals surface area contributed by atoms with E-state index in [1.165, 1.54) is 64.2 Å². The number of hydrogen-bond acceptors (Lipinski definition) is 4. The highest BCUT2D eigenvalue weighted by molar-refractivity contribution is 7.99. The fraction of sp³-hybridized carbons (Fsp3) is 0.581. The van der Waals surface area contributed by atoms with Crippen molar-refractivity contribution in [3.63, 3.8) is 0 Å². The van der Waals surface area contributed by atoms with Crippen LogP contribution in [0, 0.1) is 27.7 Å². The van der Waals surface area contributed by atoms with Gasteiger partial charge in [-0.2, -0.15) is 11.8 Å². The first kappa shape index (κ1) is 29.3. The third kappa shape index (κ3) is 10.3. The Morgan fingerprint density at radius 2 is 1.26 bits per heavy atom. The molecule has 0 radical (unpaired) electrons. The van der Waals surface area contributed by atoms with Crippen LogP contribution in [0.3, 0.4) is 0 Å². The van der Waals surface area contributed by atoms with Crippen LogP contribution in [-0.2, 0) is 4.79 Å². The number of aryl methyl sites for hydroxylation is 4. The van der Waals surface area contributed by atoms with Crippen LogP contribution < -0.4 is 4.74 Å². The summed E-state index contributed by atoms with van der Waals surface area (Å²) >= 11 is 1.86. The first-order valence-corrected chi connectivity index (χ1v) is 14.7. The third-order valence-corrected chi connectivity index (χ3v) is 7.74. The minimum Gasteiger partial charge on any atom is -0.508 e. The van der Waals surface area contributed by atoms with E-state index in [9.17, 15) is 9.90 Å². The lowest BCUT2D eigenvalue weighted by Gasteiger charge is -2.15. The molecule has 0 amide bonds.